The SMILES string of the molecule is CC1(C)C(O[Si](C)(C)C(C)(C)C)CCC2=NOCC21. The van der Waals surface area contributed by atoms with Gasteiger partial charge in [-0.1, -0.05) is 39.8 Å². The van der Waals surface area contributed by atoms with Crippen molar-refractivity contribution in [3.05, 3.63) is 0 Å². The highest BCUT2D eigenvalue weighted by Gasteiger charge is 2.50. The van der Waals surface area contributed by atoms with E-state index in [1.165, 1.54) is 5.71 Å². The van der Waals surface area contributed by atoms with Crippen molar-refractivity contribution in [3.8, 4) is 0 Å². The molecule has 0 N–H and O–H groups in total. The van der Waals surface area contributed by atoms with Gasteiger partial charge < -0.3 is 9.26 Å². The topological polar surface area (TPSA) is 30.8 Å². The van der Waals surface area contributed by atoms with Crippen molar-refractivity contribution in [3.63, 3.8) is 0 Å². The highest BCUT2D eigenvalue weighted by Crippen LogP contribution is 2.47. The van der Waals surface area contributed by atoms with Crippen molar-refractivity contribution in [1.29, 1.82) is 0 Å². The molecule has 1 aliphatic heterocycles. The van der Waals surface area contributed by atoms with E-state index in [-0.39, 0.29) is 10.5 Å². The molecule has 0 radical (unpaired) electrons. The minimum Gasteiger partial charge on any atom is -0.413 e. The minimum atomic E-state index is -1.71. The summed E-state index contributed by atoms with van der Waals surface area (Å²) in [6, 6.07) is 0. The molecule has 2 rings (SSSR count). The normalized spacial score (nSPS) is 30.6. The minimum absolute atomic E-state index is 0.128. The van der Waals surface area contributed by atoms with Gasteiger partial charge in [0.25, 0.3) is 0 Å². The molecule has 1 aliphatic carbocycles. The van der Waals surface area contributed by atoms with E-state index in [0.29, 0.717) is 12.0 Å². The Morgan fingerprint density at radius 2 is 1.95 bits per heavy atom. The number of fused-ring (bicyclic) bond motifs is 1. The Labute approximate surface area is 118 Å². The summed E-state index contributed by atoms with van der Waals surface area (Å²) in [5.41, 5.74) is 1.38. The third kappa shape index (κ3) is 2.61. The molecule has 1 fully saturated rings. The Morgan fingerprint density at radius 3 is 2.53 bits per heavy atom. The lowest BCUT2D eigenvalue weighted by atomic mass is 9.66. The van der Waals surface area contributed by atoms with Crippen LogP contribution in [0.3, 0.4) is 0 Å². The van der Waals surface area contributed by atoms with Crippen LogP contribution in [-0.4, -0.2) is 26.7 Å². The molecule has 2 aliphatic rings. The van der Waals surface area contributed by atoms with E-state index in [2.05, 4.69) is 52.9 Å². The molecular formula is C15H29NO2Si. The monoisotopic (exact) mass is 283 g/mol. The van der Waals surface area contributed by atoms with Crippen LogP contribution >= 0.6 is 0 Å². The zero-order valence-corrected chi connectivity index (χ0v) is 14.5. The maximum absolute atomic E-state index is 6.70. The number of hydrogen-bond donors (Lipinski definition) is 0. The summed E-state index contributed by atoms with van der Waals surface area (Å²) < 4.78 is 6.70. The van der Waals surface area contributed by atoms with Gasteiger partial charge in [-0.3, -0.25) is 0 Å². The lowest BCUT2D eigenvalue weighted by Gasteiger charge is -2.48. The van der Waals surface area contributed by atoms with Crippen LogP contribution in [0.15, 0.2) is 5.16 Å². The fraction of sp³-hybridized carbons (Fsp3) is 0.933. The maximum Gasteiger partial charge on any atom is 0.192 e. The first kappa shape index (κ1) is 15.0. The van der Waals surface area contributed by atoms with E-state index in [4.69, 9.17) is 9.26 Å². The van der Waals surface area contributed by atoms with Crippen molar-refractivity contribution >= 4 is 14.0 Å². The molecule has 0 aromatic carbocycles. The summed E-state index contributed by atoms with van der Waals surface area (Å²) in [6.07, 6.45) is 2.45. The first-order chi connectivity index (χ1) is 8.56. The Morgan fingerprint density at radius 1 is 1.32 bits per heavy atom. The van der Waals surface area contributed by atoms with Crippen LogP contribution in [0.4, 0.5) is 0 Å². The van der Waals surface area contributed by atoms with Gasteiger partial charge in [-0.25, -0.2) is 0 Å². The summed E-state index contributed by atoms with van der Waals surface area (Å²) in [5.74, 6) is 0.441. The molecule has 110 valence electrons. The Balaban J connectivity index is 2.16. The highest BCUT2D eigenvalue weighted by molar-refractivity contribution is 6.74. The summed E-state index contributed by atoms with van der Waals surface area (Å²) in [4.78, 5) is 5.32. The van der Waals surface area contributed by atoms with Crippen molar-refractivity contribution in [2.75, 3.05) is 6.61 Å². The third-order valence-electron chi connectivity index (χ3n) is 5.46. The number of oxime groups is 1. The molecule has 0 saturated heterocycles. The second kappa shape index (κ2) is 4.59. The molecule has 2 unspecified atom stereocenters. The van der Waals surface area contributed by atoms with Gasteiger partial charge in [0.2, 0.25) is 0 Å². The summed E-state index contributed by atoms with van der Waals surface area (Å²) in [6.45, 7) is 17.0. The molecule has 0 spiro atoms. The maximum atomic E-state index is 6.70. The molecule has 1 saturated carbocycles. The van der Waals surface area contributed by atoms with Crippen LogP contribution < -0.4 is 0 Å². The Kier molecular flexibility index (Phi) is 3.63. The van der Waals surface area contributed by atoms with Gasteiger partial charge in [0.15, 0.2) is 8.32 Å². The third-order valence-corrected chi connectivity index (χ3v) is 9.95. The van der Waals surface area contributed by atoms with Crippen LogP contribution in [0, 0.1) is 11.3 Å². The van der Waals surface area contributed by atoms with Crippen LogP contribution in [0.25, 0.3) is 0 Å². The van der Waals surface area contributed by atoms with Crippen molar-refractivity contribution in [2.24, 2.45) is 16.5 Å². The van der Waals surface area contributed by atoms with E-state index in [1.807, 2.05) is 0 Å². The number of nitrogens with zero attached hydrogens (tertiary/aromatic N) is 1. The highest BCUT2D eigenvalue weighted by atomic mass is 28.4. The van der Waals surface area contributed by atoms with E-state index in [1.54, 1.807) is 0 Å². The van der Waals surface area contributed by atoms with Gasteiger partial charge >= 0.3 is 0 Å². The molecule has 1 heterocycles. The quantitative estimate of drug-likeness (QED) is 0.711. The van der Waals surface area contributed by atoms with Gasteiger partial charge in [0.1, 0.15) is 6.61 Å². The van der Waals surface area contributed by atoms with Gasteiger partial charge in [-0.15, -0.1) is 0 Å². The fourth-order valence-electron chi connectivity index (χ4n) is 2.84. The van der Waals surface area contributed by atoms with Gasteiger partial charge in [-0.05, 0) is 31.0 Å². The number of rotatable bonds is 2. The molecule has 0 bridgehead atoms. The number of hydrogen-bond acceptors (Lipinski definition) is 3. The van der Waals surface area contributed by atoms with Gasteiger partial charge in [-0.2, -0.15) is 0 Å². The molecule has 2 atom stereocenters. The molecule has 4 heteroatoms. The lowest BCUT2D eigenvalue weighted by Crippen LogP contribution is -2.53. The molecule has 19 heavy (non-hydrogen) atoms. The Hall–Kier alpha value is -0.353. The summed E-state index contributed by atoms with van der Waals surface area (Å²) in [5, 5.41) is 4.47. The van der Waals surface area contributed by atoms with Gasteiger partial charge in [0, 0.05) is 11.3 Å². The first-order valence-corrected chi connectivity index (χ1v) is 10.3. The van der Waals surface area contributed by atoms with Gasteiger partial charge in [0.05, 0.1) is 11.8 Å². The second-order valence-corrected chi connectivity index (χ2v) is 12.9. The molecular weight excluding hydrogens is 254 g/mol. The predicted octanol–water partition coefficient (Wildman–Crippen LogP) is 4.20. The second-order valence-electron chi connectivity index (χ2n) is 8.16. The molecule has 0 aromatic rings. The van der Waals surface area contributed by atoms with Crippen molar-refractivity contribution in [2.45, 2.75) is 71.7 Å². The van der Waals surface area contributed by atoms with Crippen LogP contribution in [0.2, 0.25) is 18.1 Å². The van der Waals surface area contributed by atoms with Crippen LogP contribution in [0.5, 0.6) is 0 Å². The fourth-order valence-corrected chi connectivity index (χ4v) is 4.32. The standard InChI is InChI=1S/C15H29NO2Si/c1-14(2,3)19(6,7)18-13-9-8-12-11(10-17-16-12)15(13,4)5/h11,13H,8-10H2,1-7H3. The molecule has 3 nitrogen and oxygen atoms in total. The molecule has 0 amide bonds. The van der Waals surface area contributed by atoms with Crippen molar-refractivity contribution < 1.29 is 9.26 Å². The van der Waals surface area contributed by atoms with Crippen LogP contribution in [0.1, 0.15) is 47.5 Å². The van der Waals surface area contributed by atoms with E-state index >= 15 is 0 Å². The van der Waals surface area contributed by atoms with Crippen LogP contribution in [-0.2, 0) is 9.26 Å². The Bertz CT molecular complexity index is 382. The van der Waals surface area contributed by atoms with E-state index < -0.39 is 8.32 Å². The zero-order chi connectivity index (χ0) is 14.5. The van der Waals surface area contributed by atoms with Crippen molar-refractivity contribution in [1.82, 2.24) is 0 Å². The lowest BCUT2D eigenvalue weighted by molar-refractivity contribution is 0.00433. The molecule has 0 aromatic heterocycles. The average molecular weight is 283 g/mol. The first-order valence-electron chi connectivity index (χ1n) is 7.42. The van der Waals surface area contributed by atoms with E-state index in [0.717, 1.165) is 19.4 Å². The predicted molar refractivity (Wildman–Crippen MR) is 82.0 cm³/mol. The zero-order valence-electron chi connectivity index (χ0n) is 13.5. The average Bonchev–Trinajstić information content (AvgIpc) is 2.70. The largest absolute Gasteiger partial charge is 0.413 e. The summed E-state index contributed by atoms with van der Waals surface area (Å²) >= 11 is 0. The summed E-state index contributed by atoms with van der Waals surface area (Å²) in [7, 11) is -1.71. The smallest absolute Gasteiger partial charge is 0.192 e. The van der Waals surface area contributed by atoms with E-state index in [9.17, 15) is 0 Å².